The number of furan rings is 1. The number of nitrogens with zero attached hydrogens (tertiary/aromatic N) is 3. The maximum absolute atomic E-state index is 12.3. The third-order valence-corrected chi connectivity index (χ3v) is 5.95. The fraction of sp³-hybridized carbons (Fsp3) is 0.381. The number of benzene rings is 1. The van der Waals surface area contributed by atoms with Crippen LogP contribution in [0.25, 0.3) is 11.6 Å². The Bertz CT molecular complexity index is 887. The number of hydrogen-bond acceptors (Lipinski definition) is 5. The van der Waals surface area contributed by atoms with Crippen molar-refractivity contribution in [3.8, 4) is 11.6 Å². The molecule has 0 spiro atoms. The summed E-state index contributed by atoms with van der Waals surface area (Å²) in [6.07, 6.45) is 7.57. The van der Waals surface area contributed by atoms with E-state index in [2.05, 4.69) is 20.1 Å². The second kappa shape index (κ2) is 9.10. The summed E-state index contributed by atoms with van der Waals surface area (Å²) in [6.45, 7) is 0.535. The lowest BCUT2D eigenvalue weighted by atomic mass is 9.95. The van der Waals surface area contributed by atoms with Crippen LogP contribution >= 0.6 is 11.8 Å². The van der Waals surface area contributed by atoms with Crippen molar-refractivity contribution in [2.24, 2.45) is 0 Å². The highest BCUT2D eigenvalue weighted by molar-refractivity contribution is 7.99. The van der Waals surface area contributed by atoms with Gasteiger partial charge in [-0.2, -0.15) is 0 Å². The van der Waals surface area contributed by atoms with Crippen LogP contribution < -0.4 is 5.32 Å². The highest BCUT2D eigenvalue weighted by Gasteiger charge is 2.25. The Balaban J connectivity index is 1.44. The quantitative estimate of drug-likeness (QED) is 0.597. The zero-order valence-electron chi connectivity index (χ0n) is 15.7. The number of rotatable bonds is 7. The molecule has 1 aromatic carbocycles. The lowest BCUT2D eigenvalue weighted by molar-refractivity contribution is -0.118. The lowest BCUT2D eigenvalue weighted by Crippen LogP contribution is -2.25. The zero-order valence-corrected chi connectivity index (χ0v) is 16.5. The standard InChI is InChI=1S/C21H24N4O2S/c26-19(22-14-16-8-3-1-4-9-16)15-28-21-24-23-20(18-12-7-13-27-18)25(21)17-10-5-2-6-11-17/h1,3-4,7-9,12-13,17H,2,5-6,10-11,14-15H2,(H,22,26). The van der Waals surface area contributed by atoms with Gasteiger partial charge in [-0.25, -0.2) is 0 Å². The van der Waals surface area contributed by atoms with Crippen LogP contribution in [0, 0.1) is 0 Å². The minimum atomic E-state index is -0.00778. The molecule has 7 heteroatoms. The smallest absolute Gasteiger partial charge is 0.230 e. The first kappa shape index (κ1) is 18.8. The molecule has 2 heterocycles. The molecule has 4 rings (SSSR count). The molecule has 1 amide bonds. The van der Waals surface area contributed by atoms with E-state index < -0.39 is 0 Å². The van der Waals surface area contributed by atoms with Gasteiger partial charge in [0.1, 0.15) is 0 Å². The average Bonchev–Trinajstić information content (AvgIpc) is 3.41. The molecular formula is C21H24N4O2S. The Morgan fingerprint density at radius 1 is 1.11 bits per heavy atom. The summed E-state index contributed by atoms with van der Waals surface area (Å²) in [5, 5.41) is 12.5. The number of thioether (sulfide) groups is 1. The molecule has 1 aliphatic rings. The molecule has 3 aromatic rings. The van der Waals surface area contributed by atoms with E-state index >= 15 is 0 Å². The first-order chi connectivity index (χ1) is 13.8. The van der Waals surface area contributed by atoms with Gasteiger partial charge in [0.2, 0.25) is 11.7 Å². The van der Waals surface area contributed by atoms with Gasteiger partial charge < -0.3 is 9.73 Å². The molecule has 146 valence electrons. The molecule has 1 fully saturated rings. The Morgan fingerprint density at radius 2 is 1.93 bits per heavy atom. The predicted octanol–water partition coefficient (Wildman–Crippen LogP) is 4.45. The third kappa shape index (κ3) is 4.47. The summed E-state index contributed by atoms with van der Waals surface area (Å²) in [4.78, 5) is 12.3. The van der Waals surface area contributed by atoms with Gasteiger partial charge in [-0.3, -0.25) is 9.36 Å². The van der Waals surface area contributed by atoms with Gasteiger partial charge in [0.05, 0.1) is 12.0 Å². The van der Waals surface area contributed by atoms with Gasteiger partial charge in [0, 0.05) is 12.6 Å². The summed E-state index contributed by atoms with van der Waals surface area (Å²) in [5.74, 6) is 1.78. The van der Waals surface area contributed by atoms with Crippen molar-refractivity contribution in [1.29, 1.82) is 0 Å². The van der Waals surface area contributed by atoms with Crippen molar-refractivity contribution >= 4 is 17.7 Å². The third-order valence-electron chi connectivity index (χ3n) is 5.01. The molecule has 0 saturated heterocycles. The number of amides is 1. The average molecular weight is 397 g/mol. The van der Waals surface area contributed by atoms with Crippen molar-refractivity contribution in [2.75, 3.05) is 5.75 Å². The molecule has 1 saturated carbocycles. The molecule has 2 aromatic heterocycles. The van der Waals surface area contributed by atoms with Crippen LogP contribution in [0.1, 0.15) is 43.7 Å². The maximum Gasteiger partial charge on any atom is 0.230 e. The Labute approximate surface area is 168 Å². The van der Waals surface area contributed by atoms with Gasteiger partial charge in [-0.15, -0.1) is 10.2 Å². The van der Waals surface area contributed by atoms with Crippen LogP contribution in [0.2, 0.25) is 0 Å². The molecule has 1 N–H and O–H groups in total. The summed E-state index contributed by atoms with van der Waals surface area (Å²) < 4.78 is 7.74. The van der Waals surface area contributed by atoms with Crippen molar-refractivity contribution in [3.63, 3.8) is 0 Å². The van der Waals surface area contributed by atoms with E-state index in [0.717, 1.165) is 35.1 Å². The van der Waals surface area contributed by atoms with E-state index in [1.165, 1.54) is 31.0 Å². The number of aromatic nitrogens is 3. The van der Waals surface area contributed by atoms with Gasteiger partial charge in [0.25, 0.3) is 0 Å². The second-order valence-electron chi connectivity index (χ2n) is 7.00. The lowest BCUT2D eigenvalue weighted by Gasteiger charge is -2.25. The normalized spacial score (nSPS) is 14.9. The Kier molecular flexibility index (Phi) is 6.11. The van der Waals surface area contributed by atoms with Gasteiger partial charge >= 0.3 is 0 Å². The van der Waals surface area contributed by atoms with Crippen LogP contribution in [0.4, 0.5) is 0 Å². The van der Waals surface area contributed by atoms with E-state index in [4.69, 9.17) is 4.42 Å². The van der Waals surface area contributed by atoms with Crippen LogP contribution in [0.3, 0.4) is 0 Å². The first-order valence-electron chi connectivity index (χ1n) is 9.73. The predicted molar refractivity (Wildman–Crippen MR) is 109 cm³/mol. The fourth-order valence-electron chi connectivity index (χ4n) is 3.60. The van der Waals surface area contributed by atoms with E-state index in [9.17, 15) is 4.79 Å². The fourth-order valence-corrected chi connectivity index (χ4v) is 4.43. The molecule has 0 unspecified atom stereocenters. The van der Waals surface area contributed by atoms with Crippen molar-refractivity contribution in [1.82, 2.24) is 20.1 Å². The number of hydrogen-bond donors (Lipinski definition) is 1. The molecule has 6 nitrogen and oxygen atoms in total. The van der Waals surface area contributed by atoms with Crippen LogP contribution in [-0.4, -0.2) is 26.4 Å². The molecular weight excluding hydrogens is 372 g/mol. The van der Waals surface area contributed by atoms with E-state index in [0.29, 0.717) is 18.3 Å². The molecule has 0 bridgehead atoms. The second-order valence-corrected chi connectivity index (χ2v) is 7.94. The molecule has 0 aliphatic heterocycles. The van der Waals surface area contributed by atoms with Crippen molar-refractivity contribution in [3.05, 3.63) is 54.3 Å². The molecule has 0 radical (unpaired) electrons. The highest BCUT2D eigenvalue weighted by atomic mass is 32.2. The summed E-state index contributed by atoms with van der Waals surface area (Å²) >= 11 is 1.44. The van der Waals surface area contributed by atoms with Gasteiger partial charge in [0.15, 0.2) is 10.9 Å². The van der Waals surface area contributed by atoms with Crippen LogP contribution in [0.15, 0.2) is 58.3 Å². The SMILES string of the molecule is O=C(CSc1nnc(-c2ccco2)n1C1CCCCC1)NCc1ccccc1. The monoisotopic (exact) mass is 396 g/mol. The van der Waals surface area contributed by atoms with Gasteiger partial charge in [-0.05, 0) is 30.5 Å². The molecule has 1 aliphatic carbocycles. The molecule has 28 heavy (non-hydrogen) atoms. The first-order valence-corrected chi connectivity index (χ1v) is 10.7. The number of carbonyl (C=O) groups excluding carboxylic acids is 1. The summed E-state index contributed by atoms with van der Waals surface area (Å²) in [7, 11) is 0. The minimum Gasteiger partial charge on any atom is -0.461 e. The van der Waals surface area contributed by atoms with E-state index in [-0.39, 0.29) is 5.91 Å². The number of nitrogens with one attached hydrogen (secondary N) is 1. The largest absolute Gasteiger partial charge is 0.461 e. The van der Waals surface area contributed by atoms with Crippen LogP contribution in [-0.2, 0) is 11.3 Å². The molecule has 0 atom stereocenters. The Morgan fingerprint density at radius 3 is 2.68 bits per heavy atom. The summed E-state index contributed by atoms with van der Waals surface area (Å²) in [6, 6.07) is 14.0. The minimum absolute atomic E-state index is 0.00778. The van der Waals surface area contributed by atoms with E-state index in [1.807, 2.05) is 42.5 Å². The van der Waals surface area contributed by atoms with Crippen molar-refractivity contribution in [2.45, 2.75) is 49.8 Å². The van der Waals surface area contributed by atoms with Crippen LogP contribution in [0.5, 0.6) is 0 Å². The number of carbonyl (C=O) groups is 1. The van der Waals surface area contributed by atoms with E-state index in [1.54, 1.807) is 6.26 Å². The van der Waals surface area contributed by atoms with Crippen molar-refractivity contribution < 1.29 is 9.21 Å². The highest BCUT2D eigenvalue weighted by Crippen LogP contribution is 2.35. The zero-order chi connectivity index (χ0) is 19.2. The summed E-state index contributed by atoms with van der Waals surface area (Å²) in [5.41, 5.74) is 1.09. The topological polar surface area (TPSA) is 73.0 Å². The Hall–Kier alpha value is -2.54. The van der Waals surface area contributed by atoms with Gasteiger partial charge in [-0.1, -0.05) is 61.4 Å². The maximum atomic E-state index is 12.3.